The maximum absolute atomic E-state index is 5.28. The van der Waals surface area contributed by atoms with Gasteiger partial charge in [-0.2, -0.15) is 4.98 Å². The van der Waals surface area contributed by atoms with Crippen molar-refractivity contribution in [3.8, 4) is 23.0 Å². The number of hydrogen-bond acceptors (Lipinski definition) is 5. The summed E-state index contributed by atoms with van der Waals surface area (Å²) in [5.41, 5.74) is 1.66. The van der Waals surface area contributed by atoms with Crippen LogP contribution in [0.3, 0.4) is 0 Å². The summed E-state index contributed by atoms with van der Waals surface area (Å²) in [6.45, 7) is 0. The first kappa shape index (κ1) is 10.6. The third-order valence-electron chi connectivity index (χ3n) is 2.62. The van der Waals surface area contributed by atoms with Gasteiger partial charge < -0.3 is 13.9 Å². The highest BCUT2D eigenvalue weighted by atomic mass is 16.5. The zero-order valence-electron chi connectivity index (χ0n) is 9.95. The molecule has 0 aromatic carbocycles. The van der Waals surface area contributed by atoms with Crippen molar-refractivity contribution in [3.63, 3.8) is 0 Å². The molecule has 0 radical (unpaired) electrons. The van der Waals surface area contributed by atoms with Gasteiger partial charge in [-0.25, -0.2) is 4.98 Å². The second-order valence-corrected chi connectivity index (χ2v) is 3.65. The third kappa shape index (κ3) is 1.58. The van der Waals surface area contributed by atoms with Crippen LogP contribution in [0.25, 0.3) is 17.0 Å². The molecule has 0 aliphatic heterocycles. The van der Waals surface area contributed by atoms with Gasteiger partial charge in [-0.15, -0.1) is 0 Å². The molecule has 0 saturated carbocycles. The predicted octanol–water partition coefficient (Wildman–Crippen LogP) is 2.01. The minimum Gasteiger partial charge on any atom is -0.482 e. The van der Waals surface area contributed by atoms with Gasteiger partial charge in [0.15, 0.2) is 0 Å². The SMILES string of the molecule is COc1cc(OC)n2cc(-c3ccoc3)nc2n1. The number of aromatic nitrogens is 3. The molecule has 3 rings (SSSR count). The number of rotatable bonds is 3. The lowest BCUT2D eigenvalue weighted by Gasteiger charge is -2.04. The van der Waals surface area contributed by atoms with Gasteiger partial charge in [0.2, 0.25) is 17.5 Å². The number of fused-ring (bicyclic) bond motifs is 1. The Balaban J connectivity index is 2.22. The van der Waals surface area contributed by atoms with E-state index < -0.39 is 0 Å². The van der Waals surface area contributed by atoms with E-state index in [1.807, 2.05) is 12.3 Å². The van der Waals surface area contributed by atoms with Crippen LogP contribution in [-0.2, 0) is 0 Å². The third-order valence-corrected chi connectivity index (χ3v) is 2.62. The number of nitrogens with zero attached hydrogens (tertiary/aromatic N) is 3. The van der Waals surface area contributed by atoms with Gasteiger partial charge in [0, 0.05) is 11.8 Å². The Hall–Kier alpha value is -2.50. The van der Waals surface area contributed by atoms with Crippen LogP contribution in [0.1, 0.15) is 0 Å². The van der Waals surface area contributed by atoms with Crippen molar-refractivity contribution in [3.05, 3.63) is 30.9 Å². The maximum atomic E-state index is 5.28. The summed E-state index contributed by atoms with van der Waals surface area (Å²) in [6, 6.07) is 3.54. The molecule has 0 amide bonds. The molecule has 0 unspecified atom stereocenters. The van der Waals surface area contributed by atoms with Gasteiger partial charge >= 0.3 is 0 Å². The lowest BCUT2D eigenvalue weighted by Crippen LogP contribution is -1.97. The Morgan fingerprint density at radius 1 is 1.22 bits per heavy atom. The summed E-state index contributed by atoms with van der Waals surface area (Å²) in [5, 5.41) is 0. The molecule has 0 atom stereocenters. The fraction of sp³-hybridized carbons (Fsp3) is 0.167. The molecule has 3 heterocycles. The van der Waals surface area contributed by atoms with Gasteiger partial charge in [-0.1, -0.05) is 0 Å². The van der Waals surface area contributed by atoms with E-state index in [0.29, 0.717) is 17.5 Å². The summed E-state index contributed by atoms with van der Waals surface area (Å²) in [4.78, 5) is 8.66. The molecular formula is C12H11N3O3. The maximum Gasteiger partial charge on any atom is 0.240 e. The molecule has 92 valence electrons. The fourth-order valence-electron chi connectivity index (χ4n) is 1.73. The predicted molar refractivity (Wildman–Crippen MR) is 63.8 cm³/mol. The summed E-state index contributed by atoms with van der Waals surface area (Å²) in [5.74, 6) is 1.59. The average molecular weight is 245 g/mol. The quantitative estimate of drug-likeness (QED) is 0.706. The van der Waals surface area contributed by atoms with Crippen molar-refractivity contribution < 1.29 is 13.9 Å². The molecule has 0 bridgehead atoms. The number of furan rings is 1. The Morgan fingerprint density at radius 3 is 2.78 bits per heavy atom. The van der Waals surface area contributed by atoms with E-state index in [0.717, 1.165) is 11.3 Å². The number of methoxy groups -OCH3 is 2. The Labute approximate surface area is 103 Å². The largest absolute Gasteiger partial charge is 0.482 e. The highest BCUT2D eigenvalue weighted by Gasteiger charge is 2.11. The molecule has 3 aromatic heterocycles. The molecule has 0 saturated heterocycles. The summed E-state index contributed by atoms with van der Waals surface area (Å²) in [7, 11) is 3.14. The number of ether oxygens (including phenoxy) is 2. The Morgan fingerprint density at radius 2 is 2.11 bits per heavy atom. The van der Waals surface area contributed by atoms with Crippen molar-refractivity contribution in [2.75, 3.05) is 14.2 Å². The lowest BCUT2D eigenvalue weighted by atomic mass is 10.3. The van der Waals surface area contributed by atoms with Crippen molar-refractivity contribution in [1.29, 1.82) is 0 Å². The highest BCUT2D eigenvalue weighted by Crippen LogP contribution is 2.24. The van der Waals surface area contributed by atoms with Gasteiger partial charge in [-0.3, -0.25) is 4.40 Å². The van der Waals surface area contributed by atoms with Crippen LogP contribution in [0.15, 0.2) is 35.3 Å². The average Bonchev–Trinajstić information content (AvgIpc) is 3.05. The first-order valence-corrected chi connectivity index (χ1v) is 5.32. The summed E-state index contributed by atoms with van der Waals surface area (Å²) >= 11 is 0. The molecule has 0 aliphatic rings. The topological polar surface area (TPSA) is 61.8 Å². The normalized spacial score (nSPS) is 10.8. The zero-order chi connectivity index (χ0) is 12.5. The molecule has 0 aliphatic carbocycles. The zero-order valence-corrected chi connectivity index (χ0v) is 9.95. The monoisotopic (exact) mass is 245 g/mol. The van der Waals surface area contributed by atoms with E-state index in [9.17, 15) is 0 Å². The van der Waals surface area contributed by atoms with Crippen LogP contribution in [0.2, 0.25) is 0 Å². The molecule has 0 N–H and O–H groups in total. The van der Waals surface area contributed by atoms with E-state index in [2.05, 4.69) is 9.97 Å². The minimum atomic E-state index is 0.462. The van der Waals surface area contributed by atoms with E-state index in [-0.39, 0.29) is 0 Å². The molecule has 0 spiro atoms. The fourth-order valence-corrected chi connectivity index (χ4v) is 1.73. The highest BCUT2D eigenvalue weighted by molar-refractivity contribution is 5.60. The van der Waals surface area contributed by atoms with Crippen LogP contribution < -0.4 is 9.47 Å². The van der Waals surface area contributed by atoms with Crippen LogP contribution in [-0.4, -0.2) is 28.6 Å². The van der Waals surface area contributed by atoms with Crippen molar-refractivity contribution in [2.24, 2.45) is 0 Å². The Bertz CT molecular complexity index is 673. The first-order chi connectivity index (χ1) is 8.81. The standard InChI is InChI=1S/C12H11N3O3/c1-16-10-5-11(17-2)15-6-9(13-12(15)14-10)8-3-4-18-7-8/h3-7H,1-2H3. The van der Waals surface area contributed by atoms with E-state index >= 15 is 0 Å². The van der Waals surface area contributed by atoms with Crippen molar-refractivity contribution in [2.45, 2.75) is 0 Å². The van der Waals surface area contributed by atoms with Crippen LogP contribution in [0, 0.1) is 0 Å². The van der Waals surface area contributed by atoms with E-state index in [1.165, 1.54) is 0 Å². The minimum absolute atomic E-state index is 0.462. The second-order valence-electron chi connectivity index (χ2n) is 3.65. The molecule has 6 nitrogen and oxygen atoms in total. The van der Waals surface area contributed by atoms with Crippen molar-refractivity contribution in [1.82, 2.24) is 14.4 Å². The summed E-state index contributed by atoms with van der Waals surface area (Å²) in [6.07, 6.45) is 5.07. The van der Waals surface area contributed by atoms with E-state index in [1.54, 1.807) is 37.2 Å². The van der Waals surface area contributed by atoms with Gasteiger partial charge in [0.1, 0.15) is 0 Å². The number of imidazole rings is 1. The summed E-state index contributed by atoms with van der Waals surface area (Å²) < 4.78 is 17.2. The van der Waals surface area contributed by atoms with Crippen molar-refractivity contribution >= 4 is 5.78 Å². The molecular weight excluding hydrogens is 234 g/mol. The van der Waals surface area contributed by atoms with Gasteiger partial charge in [0.25, 0.3) is 0 Å². The van der Waals surface area contributed by atoms with Crippen LogP contribution in [0.5, 0.6) is 11.8 Å². The lowest BCUT2D eigenvalue weighted by molar-refractivity contribution is 0.369. The van der Waals surface area contributed by atoms with Gasteiger partial charge in [0.05, 0.1) is 38.5 Å². The molecule has 6 heteroatoms. The van der Waals surface area contributed by atoms with Crippen LogP contribution >= 0.6 is 0 Å². The molecule has 0 fully saturated rings. The second kappa shape index (κ2) is 4.06. The molecule has 18 heavy (non-hydrogen) atoms. The van der Waals surface area contributed by atoms with Gasteiger partial charge in [-0.05, 0) is 6.07 Å². The van der Waals surface area contributed by atoms with Crippen LogP contribution in [0.4, 0.5) is 0 Å². The Kier molecular flexibility index (Phi) is 2.40. The smallest absolute Gasteiger partial charge is 0.240 e. The number of hydrogen-bond donors (Lipinski definition) is 0. The van der Waals surface area contributed by atoms with E-state index in [4.69, 9.17) is 13.9 Å². The molecule has 3 aromatic rings. The first-order valence-electron chi connectivity index (χ1n) is 5.32.